The summed E-state index contributed by atoms with van der Waals surface area (Å²) in [6, 6.07) is 2.92. The molecule has 0 aliphatic carbocycles. The minimum atomic E-state index is -0.589. The second-order valence-electron chi connectivity index (χ2n) is 2.86. The molecule has 0 fully saturated rings. The summed E-state index contributed by atoms with van der Waals surface area (Å²) < 4.78 is 13.0. The van der Waals surface area contributed by atoms with E-state index in [4.69, 9.17) is 11.0 Å². The molecule has 3 nitrogen and oxygen atoms in total. The van der Waals surface area contributed by atoms with Crippen molar-refractivity contribution in [2.24, 2.45) is 5.73 Å². The Morgan fingerprint density at radius 1 is 1.77 bits per heavy atom. The maximum absolute atomic E-state index is 13.0. The van der Waals surface area contributed by atoms with Crippen molar-refractivity contribution < 1.29 is 4.39 Å². The highest BCUT2D eigenvalue weighted by molar-refractivity contribution is 5.22. The van der Waals surface area contributed by atoms with E-state index in [1.165, 1.54) is 6.20 Å². The lowest BCUT2D eigenvalue weighted by atomic mass is 10.1. The zero-order valence-electron chi connectivity index (χ0n) is 7.29. The van der Waals surface area contributed by atoms with Gasteiger partial charge in [0.2, 0.25) is 5.95 Å². The van der Waals surface area contributed by atoms with Crippen molar-refractivity contribution in [3.63, 3.8) is 0 Å². The van der Waals surface area contributed by atoms with Crippen LogP contribution in [0.1, 0.15) is 23.6 Å². The van der Waals surface area contributed by atoms with Gasteiger partial charge in [-0.3, -0.25) is 0 Å². The van der Waals surface area contributed by atoms with Crippen LogP contribution in [0.5, 0.6) is 0 Å². The SMILES string of the molecule is Cc1cnc(F)c(C(N)CC#N)c1. The predicted molar refractivity (Wildman–Crippen MR) is 46.1 cm³/mol. The van der Waals surface area contributed by atoms with E-state index >= 15 is 0 Å². The molecular formula is C9H10FN3. The van der Waals surface area contributed by atoms with Crippen LogP contribution in [0.4, 0.5) is 4.39 Å². The number of halogens is 1. The van der Waals surface area contributed by atoms with Crippen LogP contribution in [-0.4, -0.2) is 4.98 Å². The van der Waals surface area contributed by atoms with Gasteiger partial charge in [0.05, 0.1) is 12.5 Å². The van der Waals surface area contributed by atoms with E-state index < -0.39 is 12.0 Å². The molecule has 0 saturated heterocycles. The Morgan fingerprint density at radius 3 is 3.08 bits per heavy atom. The summed E-state index contributed by atoms with van der Waals surface area (Å²) in [4.78, 5) is 3.53. The van der Waals surface area contributed by atoms with Gasteiger partial charge in [0, 0.05) is 17.8 Å². The first-order valence-electron chi connectivity index (χ1n) is 3.89. The normalized spacial score (nSPS) is 12.2. The number of aryl methyl sites for hydroxylation is 1. The molecule has 0 aliphatic heterocycles. The Labute approximate surface area is 76.0 Å². The maximum Gasteiger partial charge on any atom is 0.217 e. The molecule has 0 radical (unpaired) electrons. The van der Waals surface area contributed by atoms with Crippen molar-refractivity contribution in [2.75, 3.05) is 0 Å². The standard InChI is InChI=1S/C9H10FN3/c1-6-4-7(8(12)2-3-11)9(10)13-5-6/h4-5,8H,2,12H2,1H3. The second-order valence-corrected chi connectivity index (χ2v) is 2.86. The summed E-state index contributed by atoms with van der Waals surface area (Å²) in [6.45, 7) is 1.80. The Bertz CT molecular complexity index is 343. The van der Waals surface area contributed by atoms with Gasteiger partial charge in [-0.2, -0.15) is 9.65 Å². The van der Waals surface area contributed by atoms with E-state index in [9.17, 15) is 4.39 Å². The predicted octanol–water partition coefficient (Wildman–Crippen LogP) is 1.44. The van der Waals surface area contributed by atoms with Gasteiger partial charge in [-0.15, -0.1) is 0 Å². The fourth-order valence-electron chi connectivity index (χ4n) is 1.04. The number of nitriles is 1. The highest BCUT2D eigenvalue weighted by Crippen LogP contribution is 2.16. The third-order valence-electron chi connectivity index (χ3n) is 1.71. The van der Waals surface area contributed by atoms with Gasteiger partial charge in [0.15, 0.2) is 0 Å². The van der Waals surface area contributed by atoms with Gasteiger partial charge in [-0.05, 0) is 18.6 Å². The molecule has 0 spiro atoms. The number of nitrogens with zero attached hydrogens (tertiary/aromatic N) is 2. The molecule has 68 valence electrons. The molecule has 13 heavy (non-hydrogen) atoms. The van der Waals surface area contributed by atoms with Crippen LogP contribution in [0.25, 0.3) is 0 Å². The lowest BCUT2D eigenvalue weighted by Gasteiger charge is -2.08. The molecule has 0 bridgehead atoms. The number of aromatic nitrogens is 1. The lowest BCUT2D eigenvalue weighted by Crippen LogP contribution is -2.12. The zero-order chi connectivity index (χ0) is 9.84. The maximum atomic E-state index is 13.0. The fraction of sp³-hybridized carbons (Fsp3) is 0.333. The van der Waals surface area contributed by atoms with Crippen molar-refractivity contribution in [3.05, 3.63) is 29.3 Å². The van der Waals surface area contributed by atoms with Gasteiger partial charge in [-0.1, -0.05) is 0 Å². The van der Waals surface area contributed by atoms with Gasteiger partial charge < -0.3 is 5.73 Å². The fourth-order valence-corrected chi connectivity index (χ4v) is 1.04. The van der Waals surface area contributed by atoms with E-state index in [1.807, 2.05) is 6.07 Å². The molecule has 1 rings (SSSR count). The van der Waals surface area contributed by atoms with Crippen molar-refractivity contribution >= 4 is 0 Å². The van der Waals surface area contributed by atoms with Crippen LogP contribution >= 0.6 is 0 Å². The minimum absolute atomic E-state index is 0.0993. The summed E-state index contributed by atoms with van der Waals surface area (Å²) >= 11 is 0. The third kappa shape index (κ3) is 2.23. The van der Waals surface area contributed by atoms with Crippen LogP contribution < -0.4 is 5.73 Å². The molecule has 1 unspecified atom stereocenters. The molecule has 1 aromatic heterocycles. The number of hydrogen-bond donors (Lipinski definition) is 1. The average molecular weight is 179 g/mol. The quantitative estimate of drug-likeness (QED) is 0.699. The first-order valence-corrected chi connectivity index (χ1v) is 3.89. The van der Waals surface area contributed by atoms with Gasteiger partial charge in [-0.25, -0.2) is 4.98 Å². The Balaban J connectivity index is 3.00. The van der Waals surface area contributed by atoms with E-state index in [1.54, 1.807) is 13.0 Å². The zero-order valence-corrected chi connectivity index (χ0v) is 7.29. The molecular weight excluding hydrogens is 169 g/mol. The molecule has 2 N–H and O–H groups in total. The number of pyridine rings is 1. The number of rotatable bonds is 2. The molecule has 0 saturated carbocycles. The molecule has 4 heteroatoms. The van der Waals surface area contributed by atoms with Crippen LogP contribution in [0.3, 0.4) is 0 Å². The highest BCUT2D eigenvalue weighted by atomic mass is 19.1. The Kier molecular flexibility index (Phi) is 2.93. The summed E-state index contributed by atoms with van der Waals surface area (Å²) in [7, 11) is 0. The summed E-state index contributed by atoms with van der Waals surface area (Å²) in [5.74, 6) is -0.589. The van der Waals surface area contributed by atoms with Crippen LogP contribution in [0.15, 0.2) is 12.3 Å². The van der Waals surface area contributed by atoms with E-state index in [2.05, 4.69) is 4.98 Å². The third-order valence-corrected chi connectivity index (χ3v) is 1.71. The number of hydrogen-bond acceptors (Lipinski definition) is 3. The van der Waals surface area contributed by atoms with Gasteiger partial charge in [0.1, 0.15) is 0 Å². The Morgan fingerprint density at radius 2 is 2.46 bits per heavy atom. The first kappa shape index (κ1) is 9.62. The second kappa shape index (κ2) is 3.97. The topological polar surface area (TPSA) is 62.7 Å². The van der Waals surface area contributed by atoms with Crippen LogP contribution in [0, 0.1) is 24.2 Å². The molecule has 0 aliphatic rings. The largest absolute Gasteiger partial charge is 0.323 e. The summed E-state index contributed by atoms with van der Waals surface area (Å²) in [6.07, 6.45) is 1.53. The first-order chi connectivity index (χ1) is 6.15. The molecule has 0 amide bonds. The summed E-state index contributed by atoms with van der Waals surface area (Å²) in [5.41, 5.74) is 6.72. The van der Waals surface area contributed by atoms with Gasteiger partial charge >= 0.3 is 0 Å². The highest BCUT2D eigenvalue weighted by Gasteiger charge is 2.11. The van der Waals surface area contributed by atoms with E-state index in [0.717, 1.165) is 5.56 Å². The van der Waals surface area contributed by atoms with Crippen molar-refractivity contribution in [2.45, 2.75) is 19.4 Å². The van der Waals surface area contributed by atoms with Crippen LogP contribution in [0.2, 0.25) is 0 Å². The number of nitrogens with two attached hydrogens (primary N) is 1. The van der Waals surface area contributed by atoms with Crippen molar-refractivity contribution in [3.8, 4) is 6.07 Å². The molecule has 1 aromatic rings. The lowest BCUT2D eigenvalue weighted by molar-refractivity contribution is 0.545. The van der Waals surface area contributed by atoms with E-state index in [-0.39, 0.29) is 6.42 Å². The Hall–Kier alpha value is -1.47. The van der Waals surface area contributed by atoms with Gasteiger partial charge in [0.25, 0.3) is 0 Å². The van der Waals surface area contributed by atoms with Crippen molar-refractivity contribution in [1.29, 1.82) is 5.26 Å². The van der Waals surface area contributed by atoms with Crippen LogP contribution in [-0.2, 0) is 0 Å². The summed E-state index contributed by atoms with van der Waals surface area (Å²) in [5, 5.41) is 8.39. The minimum Gasteiger partial charge on any atom is -0.323 e. The van der Waals surface area contributed by atoms with E-state index in [0.29, 0.717) is 5.56 Å². The molecule has 0 aromatic carbocycles. The van der Waals surface area contributed by atoms with Crippen molar-refractivity contribution in [1.82, 2.24) is 4.98 Å². The molecule has 1 heterocycles. The smallest absolute Gasteiger partial charge is 0.217 e. The molecule has 1 atom stereocenters. The average Bonchev–Trinajstić information content (AvgIpc) is 2.09. The monoisotopic (exact) mass is 179 g/mol.